The number of hydrogen-bond donors (Lipinski definition) is 4. The zero-order valence-corrected chi connectivity index (χ0v) is 35.1. The predicted octanol–water partition coefficient (Wildman–Crippen LogP) is 10.8. The second-order valence-electron chi connectivity index (χ2n) is 15.3. The number of carbonyl (C=O) groups excluding carboxylic acids is 2. The van der Waals surface area contributed by atoms with Crippen LogP contribution in [0.3, 0.4) is 0 Å². The summed E-state index contributed by atoms with van der Waals surface area (Å²) in [5.74, 6) is -2.95. The molecule has 4 N–H and O–H groups in total. The summed E-state index contributed by atoms with van der Waals surface area (Å²) in [5.41, 5.74) is 0. The lowest BCUT2D eigenvalue weighted by Crippen LogP contribution is -2.37. The van der Waals surface area contributed by atoms with Gasteiger partial charge in [-0.05, 0) is 12.8 Å². The molecule has 0 unspecified atom stereocenters. The van der Waals surface area contributed by atoms with E-state index < -0.39 is 50.8 Å². The van der Waals surface area contributed by atoms with Crippen molar-refractivity contribution >= 4 is 19.5 Å². The summed E-state index contributed by atoms with van der Waals surface area (Å²) in [7, 11) is -4.94. The number of rotatable bonds is 41. The van der Waals surface area contributed by atoms with E-state index in [0.29, 0.717) is 12.8 Å². The van der Waals surface area contributed by atoms with Crippen LogP contribution in [0.4, 0.5) is 0 Å². The first-order chi connectivity index (χ1) is 25.6. The van der Waals surface area contributed by atoms with Crippen molar-refractivity contribution in [1.82, 2.24) is 0 Å². The van der Waals surface area contributed by atoms with E-state index in [9.17, 15) is 34.2 Å². The molecule has 0 spiro atoms. The lowest BCUT2D eigenvalue weighted by atomic mass is 10.0. The Balaban J connectivity index is 4.31. The van der Waals surface area contributed by atoms with E-state index in [1.165, 1.54) is 141 Å². The molecule has 53 heavy (non-hydrogen) atoms. The molecule has 0 aliphatic rings. The molecule has 316 valence electrons. The summed E-state index contributed by atoms with van der Waals surface area (Å²) in [4.78, 5) is 44.2. The zero-order valence-electron chi connectivity index (χ0n) is 34.2. The highest BCUT2D eigenvalue weighted by molar-refractivity contribution is 7.52. The van der Waals surface area contributed by atoms with Crippen LogP contribution in [-0.4, -0.2) is 69.8 Å². The summed E-state index contributed by atoms with van der Waals surface area (Å²) in [6.45, 7) is 2.74. The van der Waals surface area contributed by atoms with Crippen LogP contribution in [0.2, 0.25) is 0 Å². The molecule has 0 rings (SSSR count). The fraction of sp³-hybridized carbons (Fsp3) is 0.952. The Hall–Kier alpha value is -1.03. The molecule has 0 aromatic rings. The number of aliphatic hydroxyl groups excluding tert-OH is 2. The van der Waals surface area contributed by atoms with Gasteiger partial charge in [-0.1, -0.05) is 194 Å². The number of hydrogen-bond acceptors (Lipinski definition) is 8. The summed E-state index contributed by atoms with van der Waals surface area (Å²) in [6.07, 6.45) is 34.1. The predicted molar refractivity (Wildman–Crippen MR) is 215 cm³/mol. The molecule has 0 aromatic carbocycles. The first kappa shape index (κ1) is 52.0. The maximum atomic E-state index is 12.6. The molecule has 3 atom stereocenters. The Morgan fingerprint density at radius 1 is 0.509 bits per heavy atom. The topological polar surface area (TPSA) is 160 Å². The Bertz CT molecular complexity index is 867. The van der Waals surface area contributed by atoms with Crippen LogP contribution >= 0.6 is 7.60 Å². The lowest BCUT2D eigenvalue weighted by Gasteiger charge is -2.25. The van der Waals surface area contributed by atoms with Crippen LogP contribution in [0, 0.1) is 0 Å². The Labute approximate surface area is 324 Å². The smallest absolute Gasteiger partial charge is 0.356 e. The highest BCUT2D eigenvalue weighted by atomic mass is 31.2. The maximum Gasteiger partial charge on any atom is 0.356 e. The van der Waals surface area contributed by atoms with Gasteiger partial charge in [0.1, 0.15) is 12.7 Å². The van der Waals surface area contributed by atoms with Crippen LogP contribution in [0.5, 0.6) is 0 Å². The van der Waals surface area contributed by atoms with Gasteiger partial charge in [-0.3, -0.25) is 14.2 Å². The van der Waals surface area contributed by atoms with Crippen molar-refractivity contribution < 1.29 is 48.4 Å². The molecular weight excluding hydrogens is 695 g/mol. The fourth-order valence-corrected chi connectivity index (χ4v) is 7.45. The first-order valence-electron chi connectivity index (χ1n) is 22.0. The standard InChI is InChI=1S/C42H83O10P/c1-3-5-7-9-11-13-15-17-19-21-23-25-27-29-31-33-40(45)50-36-38(37-51-42(39(44)35-43)53(47,48)49)52-41(46)34-32-30-28-26-24-22-20-18-16-14-12-10-8-6-4-2/h38-39,42-44H,3-37H2,1-2H3,(H2,47,48,49)/t38-,39-,42-/m1/s1. The molecule has 0 amide bonds. The third-order valence-electron chi connectivity index (χ3n) is 10.00. The van der Waals surface area contributed by atoms with Crippen LogP contribution in [-0.2, 0) is 28.4 Å². The minimum atomic E-state index is -4.94. The monoisotopic (exact) mass is 779 g/mol. The summed E-state index contributed by atoms with van der Waals surface area (Å²) < 4.78 is 27.9. The van der Waals surface area contributed by atoms with Gasteiger partial charge in [0.05, 0.1) is 13.2 Å². The average Bonchev–Trinajstić information content (AvgIpc) is 3.13. The SMILES string of the molecule is CCCCCCCCCCCCCCCCCC(=O)OC[C@H](CO[C@@H]([C@H](O)CO)P(=O)(O)O)OC(=O)CCCCCCCCCCCCCCCCC. The van der Waals surface area contributed by atoms with Gasteiger partial charge in [0.15, 0.2) is 11.9 Å². The van der Waals surface area contributed by atoms with E-state index in [1.54, 1.807) is 0 Å². The molecule has 0 saturated heterocycles. The first-order valence-corrected chi connectivity index (χ1v) is 23.6. The molecular formula is C42H83O10P. The van der Waals surface area contributed by atoms with Crippen molar-refractivity contribution in [2.75, 3.05) is 19.8 Å². The van der Waals surface area contributed by atoms with Gasteiger partial charge in [0.2, 0.25) is 0 Å². The van der Waals surface area contributed by atoms with E-state index in [2.05, 4.69) is 13.8 Å². The van der Waals surface area contributed by atoms with Crippen LogP contribution < -0.4 is 0 Å². The molecule has 0 aromatic heterocycles. The number of aliphatic hydroxyl groups is 2. The molecule has 0 aliphatic heterocycles. The summed E-state index contributed by atoms with van der Waals surface area (Å²) in [5, 5.41) is 19.1. The number of unbranched alkanes of at least 4 members (excludes halogenated alkanes) is 28. The largest absolute Gasteiger partial charge is 0.462 e. The molecule has 0 radical (unpaired) electrons. The van der Waals surface area contributed by atoms with Gasteiger partial charge in [-0.2, -0.15) is 0 Å². The third kappa shape index (κ3) is 35.1. The van der Waals surface area contributed by atoms with Crippen LogP contribution in [0.1, 0.15) is 219 Å². The lowest BCUT2D eigenvalue weighted by molar-refractivity contribution is -0.164. The zero-order chi connectivity index (χ0) is 39.3. The molecule has 11 heteroatoms. The Kier molecular flexibility index (Phi) is 37.1. The van der Waals surface area contributed by atoms with Gasteiger partial charge in [0, 0.05) is 12.8 Å². The van der Waals surface area contributed by atoms with E-state index in [0.717, 1.165) is 38.5 Å². The van der Waals surface area contributed by atoms with Crippen LogP contribution in [0.15, 0.2) is 0 Å². The molecule has 0 fully saturated rings. The van der Waals surface area contributed by atoms with Gasteiger partial charge in [-0.25, -0.2) is 0 Å². The normalized spacial score (nSPS) is 13.5. The molecule has 0 bridgehead atoms. The number of ether oxygens (including phenoxy) is 3. The van der Waals surface area contributed by atoms with Crippen molar-refractivity contribution in [3.05, 3.63) is 0 Å². The molecule has 0 saturated carbocycles. The maximum absolute atomic E-state index is 12.6. The molecule has 0 heterocycles. The highest BCUT2D eigenvalue weighted by Gasteiger charge is 2.37. The van der Waals surface area contributed by atoms with Gasteiger partial charge < -0.3 is 34.2 Å². The summed E-state index contributed by atoms with van der Waals surface area (Å²) >= 11 is 0. The van der Waals surface area contributed by atoms with Gasteiger partial charge in [-0.15, -0.1) is 0 Å². The average molecular weight is 779 g/mol. The fourth-order valence-electron chi connectivity index (χ4n) is 6.63. The second kappa shape index (κ2) is 37.9. The highest BCUT2D eigenvalue weighted by Crippen LogP contribution is 2.43. The van der Waals surface area contributed by atoms with E-state index in [-0.39, 0.29) is 19.4 Å². The van der Waals surface area contributed by atoms with Crippen molar-refractivity contribution in [2.45, 2.75) is 237 Å². The van der Waals surface area contributed by atoms with E-state index in [4.69, 9.17) is 14.2 Å². The Morgan fingerprint density at radius 3 is 1.15 bits per heavy atom. The minimum absolute atomic E-state index is 0.170. The van der Waals surface area contributed by atoms with Crippen molar-refractivity contribution in [1.29, 1.82) is 0 Å². The van der Waals surface area contributed by atoms with E-state index in [1.807, 2.05) is 0 Å². The van der Waals surface area contributed by atoms with Crippen LogP contribution in [0.25, 0.3) is 0 Å². The van der Waals surface area contributed by atoms with Crippen molar-refractivity contribution in [3.63, 3.8) is 0 Å². The quantitative estimate of drug-likeness (QED) is 0.0267. The van der Waals surface area contributed by atoms with Crippen molar-refractivity contribution in [2.24, 2.45) is 0 Å². The molecule has 10 nitrogen and oxygen atoms in total. The number of esters is 2. The Morgan fingerprint density at radius 2 is 0.830 bits per heavy atom. The van der Waals surface area contributed by atoms with Crippen molar-refractivity contribution in [3.8, 4) is 0 Å². The van der Waals surface area contributed by atoms with Gasteiger partial charge >= 0.3 is 19.5 Å². The number of carbonyl (C=O) groups is 2. The van der Waals surface area contributed by atoms with E-state index >= 15 is 0 Å². The second-order valence-corrected chi connectivity index (χ2v) is 16.9. The van der Waals surface area contributed by atoms with Gasteiger partial charge in [0.25, 0.3) is 0 Å². The summed E-state index contributed by atoms with van der Waals surface area (Å²) in [6, 6.07) is 0. The minimum Gasteiger partial charge on any atom is -0.462 e. The molecule has 0 aliphatic carbocycles. The third-order valence-corrected chi connectivity index (χ3v) is 11.2.